The average Bonchev–Trinajstić information content (AvgIpc) is 3.11. The summed E-state index contributed by atoms with van der Waals surface area (Å²) in [7, 11) is 0. The monoisotopic (exact) mass is 391 g/mol. The molecule has 1 amide bonds. The summed E-state index contributed by atoms with van der Waals surface area (Å²) in [5, 5.41) is 2.98. The van der Waals surface area contributed by atoms with E-state index in [0.717, 1.165) is 36.4 Å². The highest BCUT2D eigenvalue weighted by molar-refractivity contribution is 6.33. The van der Waals surface area contributed by atoms with E-state index in [-0.39, 0.29) is 17.0 Å². The van der Waals surface area contributed by atoms with Gasteiger partial charge in [-0.05, 0) is 36.4 Å². The maximum Gasteiger partial charge on any atom is 0.279 e. The fourth-order valence-electron chi connectivity index (χ4n) is 3.79. The van der Waals surface area contributed by atoms with Crippen molar-refractivity contribution in [2.24, 2.45) is 0 Å². The molecule has 0 aromatic heterocycles. The Morgan fingerprint density at radius 3 is 2.81 bits per heavy atom. The summed E-state index contributed by atoms with van der Waals surface area (Å²) in [4.78, 5) is 13.7. The minimum atomic E-state index is -0.429. The van der Waals surface area contributed by atoms with Gasteiger partial charge in [-0.3, -0.25) is 4.79 Å². The van der Waals surface area contributed by atoms with E-state index >= 15 is 0 Å². The van der Waals surface area contributed by atoms with Crippen LogP contribution in [0.15, 0.2) is 36.4 Å². The fraction of sp³-hybridized carbons (Fsp3) is 0.350. The molecule has 0 radical (unpaired) electrons. The van der Waals surface area contributed by atoms with Gasteiger partial charge < -0.3 is 19.7 Å². The molecule has 2 aliphatic heterocycles. The summed E-state index contributed by atoms with van der Waals surface area (Å²) in [6, 6.07) is 10.2. The van der Waals surface area contributed by atoms with E-state index in [1.165, 1.54) is 23.1 Å². The van der Waals surface area contributed by atoms with Crippen LogP contribution in [-0.2, 0) is 4.79 Å². The number of hydrogen-bond donors (Lipinski definition) is 2. The molecule has 2 heterocycles. The smallest absolute Gasteiger partial charge is 0.279 e. The zero-order valence-corrected chi connectivity index (χ0v) is 15.5. The third-order valence-electron chi connectivity index (χ3n) is 5.04. The number of halogens is 2. The normalized spacial score (nSPS) is 21.1. The number of likely N-dealkylation sites (tertiary alicyclic amines) is 1. The van der Waals surface area contributed by atoms with Crippen molar-refractivity contribution in [3.63, 3.8) is 0 Å². The van der Waals surface area contributed by atoms with Crippen molar-refractivity contribution in [1.82, 2.24) is 0 Å². The number of carbonyl (C=O) groups excluding carboxylic acids is 1. The van der Waals surface area contributed by atoms with Crippen molar-refractivity contribution < 1.29 is 23.6 Å². The number of quaternary nitrogens is 1. The molecule has 2 aliphatic rings. The van der Waals surface area contributed by atoms with Gasteiger partial charge in [0.2, 0.25) is 0 Å². The van der Waals surface area contributed by atoms with E-state index in [9.17, 15) is 9.18 Å². The molecule has 0 bridgehead atoms. The standard InChI is InChI=1S/C20H20ClFN2O3/c21-15-11-14(22)4-5-16(15)23-20(25)12-24-7-1-2-17(24)13-3-6-18-19(10-13)27-9-8-26-18/h3-6,10-11,17H,1-2,7-9,12H2,(H,23,25)/p+1/t17-/m0/s1. The molecule has 142 valence electrons. The zero-order chi connectivity index (χ0) is 18.8. The predicted octanol–water partition coefficient (Wildman–Crippen LogP) is 2.61. The molecule has 1 unspecified atom stereocenters. The van der Waals surface area contributed by atoms with Crippen molar-refractivity contribution in [2.75, 3.05) is 31.6 Å². The molecule has 0 saturated carbocycles. The van der Waals surface area contributed by atoms with Crippen LogP contribution in [0.3, 0.4) is 0 Å². The van der Waals surface area contributed by atoms with Crippen molar-refractivity contribution in [2.45, 2.75) is 18.9 Å². The molecule has 2 N–H and O–H groups in total. The summed E-state index contributed by atoms with van der Waals surface area (Å²) in [5.74, 6) is 0.977. The molecule has 4 rings (SSSR count). The van der Waals surface area contributed by atoms with Gasteiger partial charge in [-0.15, -0.1) is 0 Å². The van der Waals surface area contributed by atoms with E-state index in [1.807, 2.05) is 12.1 Å². The summed E-state index contributed by atoms with van der Waals surface area (Å²) in [6.07, 6.45) is 2.07. The third-order valence-corrected chi connectivity index (χ3v) is 5.36. The molecular weight excluding hydrogens is 371 g/mol. The van der Waals surface area contributed by atoms with Gasteiger partial charge in [0.15, 0.2) is 18.0 Å². The van der Waals surface area contributed by atoms with Gasteiger partial charge in [-0.1, -0.05) is 11.6 Å². The lowest BCUT2D eigenvalue weighted by Crippen LogP contribution is -3.11. The van der Waals surface area contributed by atoms with Crippen molar-refractivity contribution >= 4 is 23.2 Å². The lowest BCUT2D eigenvalue weighted by Gasteiger charge is -2.24. The second kappa shape index (κ2) is 7.74. The molecule has 5 nitrogen and oxygen atoms in total. The van der Waals surface area contributed by atoms with Gasteiger partial charge in [-0.2, -0.15) is 0 Å². The van der Waals surface area contributed by atoms with Crippen molar-refractivity contribution in [3.05, 3.63) is 52.8 Å². The summed E-state index contributed by atoms with van der Waals surface area (Å²) < 4.78 is 24.4. The van der Waals surface area contributed by atoms with Gasteiger partial charge in [0.25, 0.3) is 5.91 Å². The highest BCUT2D eigenvalue weighted by atomic mass is 35.5. The van der Waals surface area contributed by atoms with Crippen molar-refractivity contribution in [3.8, 4) is 11.5 Å². The number of hydrogen-bond acceptors (Lipinski definition) is 3. The first-order valence-electron chi connectivity index (χ1n) is 9.09. The lowest BCUT2D eigenvalue weighted by molar-refractivity contribution is -0.910. The Morgan fingerprint density at radius 2 is 2.00 bits per heavy atom. The van der Waals surface area contributed by atoms with Crippen molar-refractivity contribution in [1.29, 1.82) is 0 Å². The number of benzene rings is 2. The van der Waals surface area contributed by atoms with Gasteiger partial charge >= 0.3 is 0 Å². The minimum absolute atomic E-state index is 0.136. The molecule has 27 heavy (non-hydrogen) atoms. The first-order valence-corrected chi connectivity index (χ1v) is 9.47. The van der Waals surface area contributed by atoms with Crippen LogP contribution < -0.4 is 19.7 Å². The second-order valence-corrected chi connectivity index (χ2v) is 7.26. The van der Waals surface area contributed by atoms with Gasteiger partial charge in [0.05, 0.1) is 17.3 Å². The van der Waals surface area contributed by atoms with E-state index in [2.05, 4.69) is 11.4 Å². The van der Waals surface area contributed by atoms with E-state index in [1.54, 1.807) is 0 Å². The first kappa shape index (κ1) is 18.1. The van der Waals surface area contributed by atoms with Crippen LogP contribution in [0.5, 0.6) is 11.5 Å². The molecular formula is C20H21ClFN2O3+. The fourth-order valence-corrected chi connectivity index (χ4v) is 4.01. The highest BCUT2D eigenvalue weighted by Gasteiger charge is 2.32. The van der Waals surface area contributed by atoms with Crippen LogP contribution in [0.25, 0.3) is 0 Å². The predicted molar refractivity (Wildman–Crippen MR) is 100 cm³/mol. The first-order chi connectivity index (χ1) is 13.1. The zero-order valence-electron chi connectivity index (χ0n) is 14.8. The Balaban J connectivity index is 1.44. The Bertz CT molecular complexity index is 861. The number of nitrogens with one attached hydrogen (secondary N) is 2. The minimum Gasteiger partial charge on any atom is -0.486 e. The lowest BCUT2D eigenvalue weighted by atomic mass is 10.0. The largest absolute Gasteiger partial charge is 0.486 e. The molecule has 2 atom stereocenters. The number of anilines is 1. The van der Waals surface area contributed by atoms with Crippen LogP contribution >= 0.6 is 11.6 Å². The Hall–Kier alpha value is -2.31. The number of rotatable bonds is 4. The number of carbonyl (C=O) groups is 1. The summed E-state index contributed by atoms with van der Waals surface area (Å²) in [6.45, 7) is 2.37. The topological polar surface area (TPSA) is 52.0 Å². The average molecular weight is 392 g/mol. The maximum atomic E-state index is 13.2. The number of amides is 1. The van der Waals surface area contributed by atoms with Gasteiger partial charge in [0, 0.05) is 18.4 Å². The van der Waals surface area contributed by atoms with E-state index < -0.39 is 5.82 Å². The Labute approximate surface area is 162 Å². The SMILES string of the molecule is O=C(C[NH+]1CCC[C@H]1c1ccc2c(c1)OCCO2)Nc1ccc(F)cc1Cl. The second-order valence-electron chi connectivity index (χ2n) is 6.86. The van der Waals surface area contributed by atoms with Crippen LogP contribution in [0.1, 0.15) is 24.4 Å². The van der Waals surface area contributed by atoms with Crippen LogP contribution in [0.4, 0.5) is 10.1 Å². The summed E-state index contributed by atoms with van der Waals surface area (Å²) in [5.41, 5.74) is 1.58. The van der Waals surface area contributed by atoms with Crippen LogP contribution in [-0.4, -0.2) is 32.2 Å². The number of fused-ring (bicyclic) bond motifs is 1. The molecule has 0 aliphatic carbocycles. The van der Waals surface area contributed by atoms with Gasteiger partial charge in [-0.25, -0.2) is 4.39 Å². The Kier molecular flexibility index (Phi) is 5.18. The maximum absolute atomic E-state index is 13.2. The molecule has 1 saturated heterocycles. The molecule has 2 aromatic carbocycles. The molecule has 2 aromatic rings. The molecule has 1 fully saturated rings. The van der Waals surface area contributed by atoms with Crippen LogP contribution in [0, 0.1) is 5.82 Å². The van der Waals surface area contributed by atoms with Gasteiger partial charge in [0.1, 0.15) is 25.1 Å². The molecule has 7 heteroatoms. The molecule has 0 spiro atoms. The quantitative estimate of drug-likeness (QED) is 0.842. The van der Waals surface area contributed by atoms with E-state index in [4.69, 9.17) is 21.1 Å². The van der Waals surface area contributed by atoms with Crippen LogP contribution in [0.2, 0.25) is 5.02 Å². The summed E-state index contributed by atoms with van der Waals surface area (Å²) >= 11 is 5.99. The highest BCUT2D eigenvalue weighted by Crippen LogP contribution is 2.33. The van der Waals surface area contributed by atoms with E-state index in [0.29, 0.717) is 25.4 Å². The Morgan fingerprint density at radius 1 is 1.19 bits per heavy atom. The third kappa shape index (κ3) is 4.01. The number of ether oxygens (including phenoxy) is 2.